The molecule has 1 saturated carbocycles. The van der Waals surface area contributed by atoms with Gasteiger partial charge in [-0.15, -0.1) is 0 Å². The maximum atomic E-state index is 11.0. The summed E-state index contributed by atoms with van der Waals surface area (Å²) >= 11 is 0. The number of methoxy groups -OCH3 is 1. The van der Waals surface area contributed by atoms with Gasteiger partial charge in [-0.05, 0) is 25.5 Å². The second kappa shape index (κ2) is 4.26. The van der Waals surface area contributed by atoms with E-state index in [0.717, 1.165) is 29.2 Å². The number of rotatable bonds is 4. The molecule has 1 N–H and O–H groups in total. The molecule has 0 radical (unpaired) electrons. The van der Waals surface area contributed by atoms with Gasteiger partial charge in [0.2, 0.25) is 0 Å². The predicted octanol–water partition coefficient (Wildman–Crippen LogP) is 2.25. The molecule has 5 nitrogen and oxygen atoms in total. The van der Waals surface area contributed by atoms with Crippen molar-refractivity contribution in [3.8, 4) is 5.75 Å². The molecule has 1 aromatic heterocycles. The molecule has 0 saturated heterocycles. The second-order valence-corrected chi connectivity index (χ2v) is 4.86. The van der Waals surface area contributed by atoms with E-state index >= 15 is 0 Å². The van der Waals surface area contributed by atoms with Crippen molar-refractivity contribution in [2.24, 2.45) is 5.92 Å². The summed E-state index contributed by atoms with van der Waals surface area (Å²) in [6, 6.07) is 5.77. The first-order valence-corrected chi connectivity index (χ1v) is 6.42. The van der Waals surface area contributed by atoms with Crippen molar-refractivity contribution in [1.82, 2.24) is 9.55 Å². The lowest BCUT2D eigenvalue weighted by Crippen LogP contribution is -2.04. The van der Waals surface area contributed by atoms with Crippen LogP contribution in [0.15, 0.2) is 18.2 Å². The molecule has 3 rings (SSSR count). The third-order valence-electron chi connectivity index (χ3n) is 3.74. The molecule has 0 amide bonds. The Labute approximate surface area is 110 Å². The maximum Gasteiger partial charge on any atom is 0.307 e. The summed E-state index contributed by atoms with van der Waals surface area (Å²) < 4.78 is 7.30. The van der Waals surface area contributed by atoms with Crippen LogP contribution in [0.25, 0.3) is 11.0 Å². The zero-order valence-corrected chi connectivity index (χ0v) is 11.0. The molecule has 2 unspecified atom stereocenters. The van der Waals surface area contributed by atoms with E-state index in [4.69, 9.17) is 9.84 Å². The molecule has 1 heterocycles. The van der Waals surface area contributed by atoms with Gasteiger partial charge in [0.25, 0.3) is 0 Å². The first-order chi connectivity index (χ1) is 9.15. The molecule has 1 fully saturated rings. The van der Waals surface area contributed by atoms with Gasteiger partial charge in [0.15, 0.2) is 0 Å². The molecular weight excluding hydrogens is 244 g/mol. The van der Waals surface area contributed by atoms with Gasteiger partial charge in [-0.1, -0.05) is 0 Å². The van der Waals surface area contributed by atoms with Crippen LogP contribution in [0.3, 0.4) is 0 Å². The van der Waals surface area contributed by atoms with Crippen LogP contribution in [0.4, 0.5) is 0 Å². The summed E-state index contributed by atoms with van der Waals surface area (Å²) in [7, 11) is 1.63. The van der Waals surface area contributed by atoms with E-state index in [1.807, 2.05) is 25.1 Å². The molecule has 2 aromatic rings. The van der Waals surface area contributed by atoms with Crippen LogP contribution >= 0.6 is 0 Å². The highest BCUT2D eigenvalue weighted by Crippen LogP contribution is 2.47. The first kappa shape index (κ1) is 12.0. The Morgan fingerprint density at radius 2 is 2.37 bits per heavy atom. The fourth-order valence-corrected chi connectivity index (χ4v) is 2.62. The number of carbonyl (C=O) groups is 1. The topological polar surface area (TPSA) is 64.4 Å². The van der Waals surface area contributed by atoms with Crippen LogP contribution in [-0.4, -0.2) is 27.7 Å². The smallest absolute Gasteiger partial charge is 0.307 e. The lowest BCUT2D eigenvalue weighted by molar-refractivity contribution is -0.138. The van der Waals surface area contributed by atoms with E-state index in [9.17, 15) is 4.79 Å². The van der Waals surface area contributed by atoms with Crippen molar-refractivity contribution in [1.29, 1.82) is 0 Å². The van der Waals surface area contributed by atoms with Crippen LogP contribution in [0.1, 0.15) is 25.1 Å². The Hall–Kier alpha value is -2.04. The monoisotopic (exact) mass is 260 g/mol. The van der Waals surface area contributed by atoms with Crippen molar-refractivity contribution in [2.75, 3.05) is 7.11 Å². The van der Waals surface area contributed by atoms with E-state index in [1.165, 1.54) is 0 Å². The van der Waals surface area contributed by atoms with Crippen LogP contribution < -0.4 is 4.74 Å². The van der Waals surface area contributed by atoms with Crippen molar-refractivity contribution in [2.45, 2.75) is 25.8 Å². The van der Waals surface area contributed by atoms with E-state index in [1.54, 1.807) is 7.11 Å². The Bertz CT molecular complexity index is 647. The molecule has 100 valence electrons. The predicted molar refractivity (Wildman–Crippen MR) is 70.4 cm³/mol. The van der Waals surface area contributed by atoms with Crippen molar-refractivity contribution >= 4 is 17.0 Å². The standard InChI is InChI=1S/C14H16N2O3/c1-3-16-12-5-4-8(19-2)6-11(12)15-13(16)9-7-10(9)14(17)18/h4-6,9-10H,3,7H2,1-2H3,(H,17,18). The number of hydrogen-bond acceptors (Lipinski definition) is 3. The molecular formula is C14H16N2O3. The number of aryl methyl sites for hydroxylation is 1. The Kier molecular flexibility index (Phi) is 2.69. The Morgan fingerprint density at radius 1 is 1.58 bits per heavy atom. The Balaban J connectivity index is 2.07. The van der Waals surface area contributed by atoms with Gasteiger partial charge >= 0.3 is 5.97 Å². The van der Waals surface area contributed by atoms with Crippen LogP contribution in [0.2, 0.25) is 0 Å². The van der Waals surface area contributed by atoms with Gasteiger partial charge < -0.3 is 14.4 Å². The molecule has 1 aliphatic rings. The second-order valence-electron chi connectivity index (χ2n) is 4.86. The van der Waals surface area contributed by atoms with Crippen molar-refractivity contribution in [3.05, 3.63) is 24.0 Å². The van der Waals surface area contributed by atoms with Gasteiger partial charge in [-0.2, -0.15) is 0 Å². The van der Waals surface area contributed by atoms with E-state index in [0.29, 0.717) is 6.42 Å². The zero-order chi connectivity index (χ0) is 13.6. The molecule has 0 spiro atoms. The molecule has 1 aromatic carbocycles. The molecule has 1 aliphatic carbocycles. The highest BCUT2D eigenvalue weighted by atomic mass is 16.5. The minimum absolute atomic E-state index is 0.0517. The summed E-state index contributed by atoms with van der Waals surface area (Å²) in [6.45, 7) is 2.84. The zero-order valence-electron chi connectivity index (χ0n) is 11.0. The fourth-order valence-electron chi connectivity index (χ4n) is 2.62. The normalized spacial score (nSPS) is 21.6. The number of hydrogen-bond donors (Lipinski definition) is 1. The molecule has 0 bridgehead atoms. The van der Waals surface area contributed by atoms with Crippen LogP contribution in [0, 0.1) is 5.92 Å². The number of ether oxygens (including phenoxy) is 1. The lowest BCUT2D eigenvalue weighted by Gasteiger charge is -2.05. The average Bonchev–Trinajstić information content (AvgIpc) is 3.13. The van der Waals surface area contributed by atoms with Crippen molar-refractivity contribution in [3.63, 3.8) is 0 Å². The minimum Gasteiger partial charge on any atom is -0.497 e. The number of imidazole rings is 1. The Morgan fingerprint density at radius 3 is 2.95 bits per heavy atom. The largest absolute Gasteiger partial charge is 0.497 e. The lowest BCUT2D eigenvalue weighted by atomic mass is 10.3. The maximum absolute atomic E-state index is 11.0. The SMILES string of the molecule is CCn1c(C2CC2C(=O)O)nc2cc(OC)ccc21. The van der Waals surface area contributed by atoms with E-state index in [2.05, 4.69) is 9.55 Å². The van der Waals surface area contributed by atoms with Gasteiger partial charge in [0, 0.05) is 18.5 Å². The molecule has 5 heteroatoms. The summed E-state index contributed by atoms with van der Waals surface area (Å²) in [5, 5.41) is 9.05. The van der Waals surface area contributed by atoms with Crippen LogP contribution in [0.5, 0.6) is 5.75 Å². The van der Waals surface area contributed by atoms with Gasteiger partial charge in [-0.25, -0.2) is 4.98 Å². The minimum atomic E-state index is -0.725. The summed E-state index contributed by atoms with van der Waals surface area (Å²) in [4.78, 5) is 15.6. The quantitative estimate of drug-likeness (QED) is 0.915. The summed E-state index contributed by atoms with van der Waals surface area (Å²) in [6.07, 6.45) is 0.690. The van der Waals surface area contributed by atoms with E-state index in [-0.39, 0.29) is 11.8 Å². The number of nitrogens with zero attached hydrogens (tertiary/aromatic N) is 2. The van der Waals surface area contributed by atoms with E-state index < -0.39 is 5.97 Å². The number of fused-ring (bicyclic) bond motifs is 1. The number of carboxylic acid groups (broad SMARTS) is 1. The number of benzene rings is 1. The number of aliphatic carboxylic acids is 1. The summed E-state index contributed by atoms with van der Waals surface area (Å²) in [5.74, 6) is 0.709. The number of carboxylic acids is 1. The third-order valence-corrected chi connectivity index (χ3v) is 3.74. The number of aromatic nitrogens is 2. The fraction of sp³-hybridized carbons (Fsp3) is 0.429. The van der Waals surface area contributed by atoms with Crippen LogP contribution in [-0.2, 0) is 11.3 Å². The highest BCUT2D eigenvalue weighted by Gasteiger charge is 2.47. The van der Waals surface area contributed by atoms with Gasteiger partial charge in [0.1, 0.15) is 11.6 Å². The molecule has 19 heavy (non-hydrogen) atoms. The first-order valence-electron chi connectivity index (χ1n) is 6.42. The molecule has 2 atom stereocenters. The van der Waals surface area contributed by atoms with Gasteiger partial charge in [-0.3, -0.25) is 4.79 Å². The average molecular weight is 260 g/mol. The highest BCUT2D eigenvalue weighted by molar-refractivity contribution is 5.79. The van der Waals surface area contributed by atoms with Crippen molar-refractivity contribution < 1.29 is 14.6 Å². The summed E-state index contributed by atoms with van der Waals surface area (Å²) in [5.41, 5.74) is 1.90. The van der Waals surface area contributed by atoms with Gasteiger partial charge in [0.05, 0.1) is 24.1 Å². The third kappa shape index (κ3) is 1.85. The molecule has 0 aliphatic heterocycles.